The first-order chi connectivity index (χ1) is 5.58. The second-order valence-corrected chi connectivity index (χ2v) is 3.91. The van der Waals surface area contributed by atoms with E-state index in [9.17, 15) is 4.79 Å². The molecular formula is C9H13NO2. The normalized spacial score (nSPS) is 31.8. The van der Waals surface area contributed by atoms with Gasteiger partial charge in [0.15, 0.2) is 0 Å². The van der Waals surface area contributed by atoms with Crippen molar-refractivity contribution >= 4 is 5.97 Å². The maximum Gasteiger partial charge on any atom is 0.320 e. The van der Waals surface area contributed by atoms with Crippen LogP contribution in [0.15, 0.2) is 12.2 Å². The van der Waals surface area contributed by atoms with E-state index < -0.39 is 12.0 Å². The molecule has 12 heavy (non-hydrogen) atoms. The summed E-state index contributed by atoms with van der Waals surface area (Å²) < 4.78 is 0. The van der Waals surface area contributed by atoms with E-state index in [-0.39, 0.29) is 0 Å². The van der Waals surface area contributed by atoms with Crippen LogP contribution in [0.5, 0.6) is 0 Å². The van der Waals surface area contributed by atoms with Crippen molar-refractivity contribution < 1.29 is 9.90 Å². The molecule has 0 radical (unpaired) electrons. The van der Waals surface area contributed by atoms with Gasteiger partial charge in [0.2, 0.25) is 0 Å². The van der Waals surface area contributed by atoms with Crippen molar-refractivity contribution in [3.05, 3.63) is 12.2 Å². The van der Waals surface area contributed by atoms with E-state index in [4.69, 9.17) is 10.8 Å². The summed E-state index contributed by atoms with van der Waals surface area (Å²) in [5, 5.41) is 8.58. The standard InChI is InChI=1S/C9H13NO2/c1-5-6(9(5)2-3-9)4-7(10)8(11)12/h6-7H,1-4,10H2,(H,11,12)/t6?,7-/m0/s1. The maximum atomic E-state index is 10.4. The van der Waals surface area contributed by atoms with Gasteiger partial charge in [-0.15, -0.1) is 0 Å². The first kappa shape index (κ1) is 7.80. The zero-order valence-corrected chi connectivity index (χ0v) is 6.92. The van der Waals surface area contributed by atoms with Crippen molar-refractivity contribution in [2.45, 2.75) is 25.3 Å². The van der Waals surface area contributed by atoms with E-state index >= 15 is 0 Å². The lowest BCUT2D eigenvalue weighted by molar-refractivity contribution is -0.138. The van der Waals surface area contributed by atoms with Gasteiger partial charge >= 0.3 is 5.97 Å². The fraction of sp³-hybridized carbons (Fsp3) is 0.667. The lowest BCUT2D eigenvalue weighted by Gasteiger charge is -2.03. The average molecular weight is 167 g/mol. The Morgan fingerprint density at radius 3 is 2.75 bits per heavy atom. The third-order valence-electron chi connectivity index (χ3n) is 3.24. The first-order valence-corrected chi connectivity index (χ1v) is 4.25. The van der Waals surface area contributed by atoms with Crippen molar-refractivity contribution in [3.63, 3.8) is 0 Å². The third-order valence-corrected chi connectivity index (χ3v) is 3.24. The van der Waals surface area contributed by atoms with Crippen LogP contribution in [0.1, 0.15) is 19.3 Å². The van der Waals surface area contributed by atoms with E-state index in [1.165, 1.54) is 18.4 Å². The minimum absolute atomic E-state index is 0.354. The van der Waals surface area contributed by atoms with Crippen molar-refractivity contribution in [1.82, 2.24) is 0 Å². The molecule has 3 N–H and O–H groups in total. The molecule has 66 valence electrons. The fourth-order valence-electron chi connectivity index (χ4n) is 2.10. The van der Waals surface area contributed by atoms with Gasteiger partial charge in [-0.05, 0) is 30.6 Å². The lowest BCUT2D eigenvalue weighted by atomic mass is 10.1. The molecule has 1 unspecified atom stereocenters. The van der Waals surface area contributed by atoms with Gasteiger partial charge in [0.25, 0.3) is 0 Å². The molecule has 0 heterocycles. The van der Waals surface area contributed by atoms with Crippen LogP contribution in [0.25, 0.3) is 0 Å². The summed E-state index contributed by atoms with van der Waals surface area (Å²) in [4.78, 5) is 10.4. The summed E-state index contributed by atoms with van der Waals surface area (Å²) in [6.45, 7) is 3.93. The van der Waals surface area contributed by atoms with Crippen LogP contribution >= 0.6 is 0 Å². The van der Waals surface area contributed by atoms with E-state index in [0.717, 1.165) is 0 Å². The Kier molecular flexibility index (Phi) is 1.37. The Hall–Kier alpha value is -0.830. The van der Waals surface area contributed by atoms with Gasteiger partial charge in [-0.25, -0.2) is 0 Å². The summed E-state index contributed by atoms with van der Waals surface area (Å²) in [6, 6.07) is -0.702. The SMILES string of the molecule is C=C1C(C[C@H](N)C(=O)O)C12CC2. The molecule has 2 saturated carbocycles. The summed E-state index contributed by atoms with van der Waals surface area (Å²) in [6.07, 6.45) is 2.97. The van der Waals surface area contributed by atoms with Crippen molar-refractivity contribution in [1.29, 1.82) is 0 Å². The van der Waals surface area contributed by atoms with E-state index in [1.54, 1.807) is 0 Å². The number of aliphatic carboxylic acids is 1. The summed E-state index contributed by atoms with van der Waals surface area (Å²) in [5.41, 5.74) is 7.02. The first-order valence-electron chi connectivity index (χ1n) is 4.25. The second-order valence-electron chi connectivity index (χ2n) is 3.91. The Labute approximate surface area is 71.3 Å². The number of hydrogen-bond donors (Lipinski definition) is 2. The molecule has 1 spiro atoms. The van der Waals surface area contributed by atoms with Gasteiger partial charge < -0.3 is 10.8 Å². The van der Waals surface area contributed by atoms with Crippen molar-refractivity contribution in [3.8, 4) is 0 Å². The van der Waals surface area contributed by atoms with Crippen LogP contribution in [0.2, 0.25) is 0 Å². The fourth-order valence-corrected chi connectivity index (χ4v) is 2.10. The predicted molar refractivity (Wildman–Crippen MR) is 44.5 cm³/mol. The van der Waals surface area contributed by atoms with Gasteiger partial charge in [0, 0.05) is 0 Å². The van der Waals surface area contributed by atoms with Gasteiger partial charge in [0.1, 0.15) is 6.04 Å². The van der Waals surface area contributed by atoms with Gasteiger partial charge in [-0.1, -0.05) is 12.2 Å². The second kappa shape index (κ2) is 2.10. The van der Waals surface area contributed by atoms with Gasteiger partial charge in [-0.2, -0.15) is 0 Å². The Morgan fingerprint density at radius 2 is 2.42 bits per heavy atom. The number of allylic oxidation sites excluding steroid dienone is 1. The third kappa shape index (κ3) is 0.894. The number of nitrogens with two attached hydrogens (primary N) is 1. The molecule has 2 aliphatic carbocycles. The molecule has 0 bridgehead atoms. The molecule has 0 aromatic carbocycles. The van der Waals surface area contributed by atoms with E-state index in [1.807, 2.05) is 0 Å². The van der Waals surface area contributed by atoms with Crippen LogP contribution in [-0.4, -0.2) is 17.1 Å². The Morgan fingerprint density at radius 1 is 1.83 bits per heavy atom. The number of rotatable bonds is 3. The highest BCUT2D eigenvalue weighted by Gasteiger charge is 2.66. The highest BCUT2D eigenvalue weighted by molar-refractivity contribution is 5.73. The molecule has 3 nitrogen and oxygen atoms in total. The van der Waals surface area contributed by atoms with Crippen LogP contribution in [0.3, 0.4) is 0 Å². The van der Waals surface area contributed by atoms with Crippen LogP contribution < -0.4 is 5.73 Å². The number of hydrogen-bond acceptors (Lipinski definition) is 2. The molecule has 2 atom stereocenters. The zero-order valence-electron chi connectivity index (χ0n) is 6.92. The highest BCUT2D eigenvalue weighted by Crippen LogP contribution is 2.75. The molecule has 0 aromatic heterocycles. The maximum absolute atomic E-state index is 10.4. The molecule has 0 aromatic rings. The van der Waals surface area contributed by atoms with Crippen molar-refractivity contribution in [2.24, 2.45) is 17.1 Å². The minimum Gasteiger partial charge on any atom is -0.480 e. The number of carboxylic acids is 1. The Bertz CT molecular complexity index is 255. The molecule has 0 aliphatic heterocycles. The lowest BCUT2D eigenvalue weighted by Crippen LogP contribution is -2.30. The molecule has 2 fully saturated rings. The summed E-state index contributed by atoms with van der Waals surface area (Å²) >= 11 is 0. The largest absolute Gasteiger partial charge is 0.480 e. The zero-order chi connectivity index (χ0) is 8.93. The van der Waals surface area contributed by atoms with Crippen LogP contribution in [-0.2, 0) is 4.79 Å². The van der Waals surface area contributed by atoms with Gasteiger partial charge in [0.05, 0.1) is 0 Å². The smallest absolute Gasteiger partial charge is 0.320 e. The van der Waals surface area contributed by atoms with Crippen LogP contribution in [0, 0.1) is 11.3 Å². The minimum atomic E-state index is -0.898. The molecule has 0 saturated heterocycles. The van der Waals surface area contributed by atoms with E-state index in [2.05, 4.69) is 6.58 Å². The van der Waals surface area contributed by atoms with Crippen molar-refractivity contribution in [2.75, 3.05) is 0 Å². The quantitative estimate of drug-likeness (QED) is 0.610. The molecular weight excluding hydrogens is 154 g/mol. The topological polar surface area (TPSA) is 63.3 Å². The van der Waals surface area contributed by atoms with Crippen LogP contribution in [0.4, 0.5) is 0 Å². The predicted octanol–water partition coefficient (Wildman–Crippen LogP) is 0.755. The molecule has 2 aliphatic rings. The number of carbonyl (C=O) groups is 1. The number of carboxylic acid groups (broad SMARTS) is 1. The molecule has 2 rings (SSSR count). The average Bonchev–Trinajstić information content (AvgIpc) is 2.86. The Balaban J connectivity index is 1.90. The highest BCUT2D eigenvalue weighted by atomic mass is 16.4. The summed E-state index contributed by atoms with van der Waals surface area (Å²) in [7, 11) is 0. The van der Waals surface area contributed by atoms with Gasteiger partial charge in [-0.3, -0.25) is 4.79 Å². The summed E-state index contributed by atoms with van der Waals surface area (Å²) in [5.74, 6) is -0.492. The monoisotopic (exact) mass is 167 g/mol. The molecule has 0 amide bonds. The van der Waals surface area contributed by atoms with E-state index in [0.29, 0.717) is 17.8 Å². The molecule has 3 heteroatoms.